The minimum atomic E-state index is -0.0550. The van der Waals surface area contributed by atoms with Gasteiger partial charge in [0.15, 0.2) is 0 Å². The predicted molar refractivity (Wildman–Crippen MR) is 44.3 cm³/mol. The smallest absolute Gasteiger partial charge is 0.326 e. The van der Waals surface area contributed by atoms with Gasteiger partial charge in [-0.05, 0) is 12.8 Å². The summed E-state index contributed by atoms with van der Waals surface area (Å²) < 4.78 is 0. The third kappa shape index (κ3) is 1.61. The Kier molecular flexibility index (Phi) is 2.30. The van der Waals surface area contributed by atoms with Crippen molar-refractivity contribution < 1.29 is 9.63 Å². The summed E-state index contributed by atoms with van der Waals surface area (Å²) >= 11 is 0. The average Bonchev–Trinajstić information content (AvgIpc) is 2.54. The van der Waals surface area contributed by atoms with E-state index in [-0.39, 0.29) is 5.97 Å². The summed E-state index contributed by atoms with van der Waals surface area (Å²) in [6.45, 7) is 0.809. The lowest BCUT2D eigenvalue weighted by Crippen LogP contribution is -2.33. The van der Waals surface area contributed by atoms with E-state index in [0.29, 0.717) is 12.5 Å². The Bertz CT molecular complexity index is 175. The average molecular weight is 169 g/mol. The second kappa shape index (κ2) is 3.44. The van der Waals surface area contributed by atoms with Crippen LogP contribution in [0.2, 0.25) is 0 Å². The van der Waals surface area contributed by atoms with Crippen molar-refractivity contribution in [1.29, 1.82) is 0 Å². The number of nitrogens with zero attached hydrogens (tertiary/aromatic N) is 1. The van der Waals surface area contributed by atoms with Gasteiger partial charge in [-0.3, -0.25) is 4.79 Å². The first-order valence-electron chi connectivity index (χ1n) is 4.84. The van der Waals surface area contributed by atoms with Crippen molar-refractivity contribution in [3.63, 3.8) is 0 Å². The zero-order chi connectivity index (χ0) is 8.39. The van der Waals surface area contributed by atoms with E-state index in [4.69, 9.17) is 4.84 Å². The molecular weight excluding hydrogens is 154 g/mol. The van der Waals surface area contributed by atoms with Gasteiger partial charge in [-0.15, -0.1) is 5.06 Å². The fourth-order valence-electron chi connectivity index (χ4n) is 2.05. The van der Waals surface area contributed by atoms with Crippen LogP contribution < -0.4 is 0 Å². The molecule has 0 aromatic carbocycles. The fraction of sp³-hybridized carbons (Fsp3) is 0.889. The minimum absolute atomic E-state index is 0.0550. The zero-order valence-corrected chi connectivity index (χ0v) is 7.29. The van der Waals surface area contributed by atoms with E-state index in [9.17, 15) is 4.79 Å². The summed E-state index contributed by atoms with van der Waals surface area (Å²) in [5, 5.41) is 1.89. The predicted octanol–water partition coefficient (Wildman–Crippen LogP) is 1.48. The number of carbonyl (C=O) groups excluding carboxylic acids is 1. The van der Waals surface area contributed by atoms with E-state index in [1.54, 1.807) is 0 Å². The summed E-state index contributed by atoms with van der Waals surface area (Å²) in [5.41, 5.74) is 0. The van der Waals surface area contributed by atoms with Crippen LogP contribution in [0.25, 0.3) is 0 Å². The number of hydroxylamine groups is 2. The van der Waals surface area contributed by atoms with Crippen LogP contribution in [0.3, 0.4) is 0 Å². The van der Waals surface area contributed by atoms with Crippen LogP contribution >= 0.6 is 0 Å². The maximum Gasteiger partial charge on any atom is 0.326 e. The van der Waals surface area contributed by atoms with E-state index in [1.807, 2.05) is 5.06 Å². The van der Waals surface area contributed by atoms with Crippen molar-refractivity contribution in [3.8, 4) is 0 Å². The maximum absolute atomic E-state index is 10.8. The fourth-order valence-corrected chi connectivity index (χ4v) is 2.05. The molecule has 1 aliphatic heterocycles. The molecule has 0 aromatic rings. The molecule has 1 saturated heterocycles. The van der Waals surface area contributed by atoms with Crippen molar-refractivity contribution in [2.75, 3.05) is 6.54 Å². The Morgan fingerprint density at radius 1 is 1.25 bits per heavy atom. The van der Waals surface area contributed by atoms with E-state index >= 15 is 0 Å². The number of carbonyl (C=O) groups is 1. The van der Waals surface area contributed by atoms with Crippen LogP contribution in [0.4, 0.5) is 0 Å². The van der Waals surface area contributed by atoms with E-state index in [2.05, 4.69) is 0 Å². The van der Waals surface area contributed by atoms with Crippen LogP contribution in [0.1, 0.15) is 38.5 Å². The molecule has 0 aromatic heterocycles. The largest absolute Gasteiger partial charge is 0.368 e. The first kappa shape index (κ1) is 8.05. The molecule has 1 heterocycles. The van der Waals surface area contributed by atoms with Crippen molar-refractivity contribution in [1.82, 2.24) is 5.06 Å². The molecule has 0 unspecified atom stereocenters. The number of hydrogen-bond donors (Lipinski definition) is 0. The summed E-state index contributed by atoms with van der Waals surface area (Å²) in [4.78, 5) is 15.9. The van der Waals surface area contributed by atoms with Crippen LogP contribution in [0.5, 0.6) is 0 Å². The van der Waals surface area contributed by atoms with Gasteiger partial charge < -0.3 is 4.84 Å². The second-order valence-electron chi connectivity index (χ2n) is 3.65. The Morgan fingerprint density at radius 3 is 2.58 bits per heavy atom. The van der Waals surface area contributed by atoms with Crippen LogP contribution in [0.15, 0.2) is 0 Å². The Balaban J connectivity index is 1.86. The molecule has 1 saturated carbocycles. The Labute approximate surface area is 72.6 Å². The van der Waals surface area contributed by atoms with Gasteiger partial charge in [0.1, 0.15) is 0 Å². The highest BCUT2D eigenvalue weighted by atomic mass is 16.7. The summed E-state index contributed by atoms with van der Waals surface area (Å²) in [6, 6.07) is 0.519. The van der Waals surface area contributed by atoms with Gasteiger partial charge in [-0.2, -0.15) is 0 Å². The standard InChI is InChI=1S/C9H15NO2/c11-9-6-7-10(12-9)8-4-2-1-3-5-8/h8H,1-7H2. The molecular formula is C9H15NO2. The van der Waals surface area contributed by atoms with Gasteiger partial charge >= 0.3 is 5.97 Å². The Hall–Kier alpha value is -0.570. The van der Waals surface area contributed by atoms with E-state index < -0.39 is 0 Å². The van der Waals surface area contributed by atoms with E-state index in [0.717, 1.165) is 6.54 Å². The highest BCUT2D eigenvalue weighted by molar-refractivity contribution is 5.70. The molecule has 3 nitrogen and oxygen atoms in total. The maximum atomic E-state index is 10.8. The van der Waals surface area contributed by atoms with Gasteiger partial charge in [-0.1, -0.05) is 19.3 Å². The number of hydrogen-bond acceptors (Lipinski definition) is 3. The lowest BCUT2D eigenvalue weighted by Gasteiger charge is -2.28. The topological polar surface area (TPSA) is 29.5 Å². The molecule has 3 heteroatoms. The molecule has 12 heavy (non-hydrogen) atoms. The van der Waals surface area contributed by atoms with Gasteiger partial charge in [-0.25, -0.2) is 0 Å². The molecule has 0 amide bonds. The molecule has 68 valence electrons. The molecule has 2 aliphatic rings. The van der Waals surface area contributed by atoms with Gasteiger partial charge in [0.05, 0.1) is 6.42 Å². The highest BCUT2D eigenvalue weighted by Gasteiger charge is 2.29. The first-order valence-corrected chi connectivity index (χ1v) is 4.84. The summed E-state index contributed by atoms with van der Waals surface area (Å²) in [7, 11) is 0. The summed E-state index contributed by atoms with van der Waals surface area (Å²) in [5.74, 6) is -0.0550. The van der Waals surface area contributed by atoms with Crippen molar-refractivity contribution in [2.24, 2.45) is 0 Å². The second-order valence-corrected chi connectivity index (χ2v) is 3.65. The monoisotopic (exact) mass is 169 g/mol. The summed E-state index contributed by atoms with van der Waals surface area (Å²) in [6.07, 6.45) is 6.91. The van der Waals surface area contributed by atoms with Gasteiger partial charge in [0.25, 0.3) is 0 Å². The van der Waals surface area contributed by atoms with Crippen molar-refractivity contribution in [3.05, 3.63) is 0 Å². The Morgan fingerprint density at radius 2 is 2.00 bits per heavy atom. The van der Waals surface area contributed by atoms with E-state index in [1.165, 1.54) is 32.1 Å². The first-order chi connectivity index (χ1) is 5.86. The third-order valence-electron chi connectivity index (χ3n) is 2.74. The lowest BCUT2D eigenvalue weighted by atomic mass is 9.95. The third-order valence-corrected chi connectivity index (χ3v) is 2.74. The normalized spacial score (nSPS) is 27.5. The lowest BCUT2D eigenvalue weighted by molar-refractivity contribution is -0.181. The molecule has 2 fully saturated rings. The molecule has 2 rings (SSSR count). The van der Waals surface area contributed by atoms with Crippen molar-refractivity contribution in [2.45, 2.75) is 44.6 Å². The molecule has 0 N–H and O–H groups in total. The molecule has 0 atom stereocenters. The van der Waals surface area contributed by atoms with Crippen LogP contribution in [-0.2, 0) is 9.63 Å². The SMILES string of the molecule is O=C1CCN(C2CCCCC2)O1. The quantitative estimate of drug-likeness (QED) is 0.595. The molecule has 1 aliphatic carbocycles. The van der Waals surface area contributed by atoms with Gasteiger partial charge in [0, 0.05) is 12.6 Å². The van der Waals surface area contributed by atoms with Crippen LogP contribution in [-0.4, -0.2) is 23.6 Å². The molecule has 0 radical (unpaired) electrons. The minimum Gasteiger partial charge on any atom is -0.368 e. The van der Waals surface area contributed by atoms with Crippen LogP contribution in [0, 0.1) is 0 Å². The van der Waals surface area contributed by atoms with Gasteiger partial charge in [0.2, 0.25) is 0 Å². The number of rotatable bonds is 1. The van der Waals surface area contributed by atoms with Crippen molar-refractivity contribution >= 4 is 5.97 Å². The highest BCUT2D eigenvalue weighted by Crippen LogP contribution is 2.25. The zero-order valence-electron chi connectivity index (χ0n) is 7.29. The molecule has 0 bridgehead atoms. The molecule has 0 spiro atoms.